The van der Waals surface area contributed by atoms with E-state index in [0.717, 1.165) is 39.0 Å². The first-order valence-electron chi connectivity index (χ1n) is 7.55. The highest BCUT2D eigenvalue weighted by atomic mass is 32.1. The van der Waals surface area contributed by atoms with Gasteiger partial charge in [0.2, 0.25) is 0 Å². The molecule has 1 aliphatic rings. The van der Waals surface area contributed by atoms with E-state index in [-0.39, 0.29) is 0 Å². The minimum absolute atomic E-state index is 0.765. The van der Waals surface area contributed by atoms with E-state index in [2.05, 4.69) is 10.5 Å². The molecule has 5 heteroatoms. The first-order valence-corrected chi connectivity index (χ1v) is 8.43. The molecule has 118 valence electrons. The summed E-state index contributed by atoms with van der Waals surface area (Å²) in [6.45, 7) is 0. The smallest absolute Gasteiger partial charge is 0.164 e. The molecule has 0 amide bonds. The number of para-hydroxylation sites is 1. The first-order chi connectivity index (χ1) is 11.8. The third kappa shape index (κ3) is 2.70. The van der Waals surface area contributed by atoms with Gasteiger partial charge < -0.3 is 4.74 Å². The number of benzene rings is 2. The highest BCUT2D eigenvalue weighted by Gasteiger charge is 2.17. The van der Waals surface area contributed by atoms with Crippen molar-refractivity contribution >= 4 is 28.6 Å². The predicted octanol–water partition coefficient (Wildman–Crippen LogP) is 4.19. The summed E-state index contributed by atoms with van der Waals surface area (Å²) in [5, 5.41) is 6.66. The Hall–Kier alpha value is -2.92. The van der Waals surface area contributed by atoms with Crippen molar-refractivity contribution < 1.29 is 4.74 Å². The Morgan fingerprint density at radius 2 is 1.79 bits per heavy atom. The molecule has 0 bridgehead atoms. The predicted molar refractivity (Wildman–Crippen MR) is 98.7 cm³/mol. The van der Waals surface area contributed by atoms with Gasteiger partial charge in [-0.3, -0.25) is 5.43 Å². The summed E-state index contributed by atoms with van der Waals surface area (Å²) in [6.07, 6.45) is 0. The van der Waals surface area contributed by atoms with Crippen LogP contribution in [0.5, 0.6) is 5.75 Å². The van der Waals surface area contributed by atoms with E-state index >= 15 is 0 Å². The van der Waals surface area contributed by atoms with Crippen LogP contribution in [-0.4, -0.2) is 18.7 Å². The van der Waals surface area contributed by atoms with Crippen LogP contribution in [-0.2, 0) is 0 Å². The van der Waals surface area contributed by atoms with Gasteiger partial charge in [0, 0.05) is 11.1 Å². The monoisotopic (exact) mass is 333 g/mol. The fraction of sp³-hybridized carbons (Fsp3) is 0.0526. The van der Waals surface area contributed by atoms with Crippen molar-refractivity contribution in [2.24, 2.45) is 10.1 Å². The number of hydrazone groups is 1. The third-order valence-electron chi connectivity index (χ3n) is 3.78. The number of fused-ring (bicyclic) bond motifs is 1. The second-order valence-corrected chi connectivity index (χ2v) is 6.20. The summed E-state index contributed by atoms with van der Waals surface area (Å²) in [7, 11) is 1.66. The molecule has 0 aliphatic carbocycles. The zero-order valence-electron chi connectivity index (χ0n) is 13.1. The minimum atomic E-state index is 0.765. The minimum Gasteiger partial charge on any atom is -0.497 e. The van der Waals surface area contributed by atoms with Crippen LogP contribution in [0.1, 0.15) is 16.0 Å². The maximum absolute atomic E-state index is 5.24. The molecule has 4 rings (SSSR count). The molecule has 0 saturated heterocycles. The van der Waals surface area contributed by atoms with Crippen LogP contribution >= 0.6 is 11.3 Å². The van der Waals surface area contributed by atoms with Crippen LogP contribution in [0, 0.1) is 0 Å². The van der Waals surface area contributed by atoms with Gasteiger partial charge in [0.25, 0.3) is 0 Å². The maximum Gasteiger partial charge on any atom is 0.164 e. The van der Waals surface area contributed by atoms with E-state index < -0.39 is 0 Å². The number of amidine groups is 1. The Morgan fingerprint density at radius 3 is 2.54 bits per heavy atom. The van der Waals surface area contributed by atoms with Gasteiger partial charge in [0.15, 0.2) is 5.84 Å². The van der Waals surface area contributed by atoms with Crippen LogP contribution < -0.4 is 10.2 Å². The summed E-state index contributed by atoms with van der Waals surface area (Å²) in [5.74, 6) is 1.59. The van der Waals surface area contributed by atoms with Gasteiger partial charge in [-0.25, -0.2) is 4.99 Å². The summed E-state index contributed by atoms with van der Waals surface area (Å²) >= 11 is 1.64. The zero-order chi connectivity index (χ0) is 16.4. The lowest BCUT2D eigenvalue weighted by Crippen LogP contribution is -2.18. The molecular weight excluding hydrogens is 318 g/mol. The van der Waals surface area contributed by atoms with Crippen LogP contribution in [0.25, 0.3) is 0 Å². The van der Waals surface area contributed by atoms with Gasteiger partial charge in [-0.05, 0) is 41.8 Å². The Balaban J connectivity index is 1.82. The van der Waals surface area contributed by atoms with E-state index in [1.165, 1.54) is 0 Å². The molecular formula is C19H15N3OS. The summed E-state index contributed by atoms with van der Waals surface area (Å²) < 4.78 is 5.24. The normalized spacial score (nSPS) is 13.2. The molecule has 0 unspecified atom stereocenters. The Morgan fingerprint density at radius 1 is 0.958 bits per heavy atom. The molecule has 1 N–H and O–H groups in total. The van der Waals surface area contributed by atoms with Crippen molar-refractivity contribution in [3.8, 4) is 5.75 Å². The Kier molecular flexibility index (Phi) is 3.84. The fourth-order valence-electron chi connectivity index (χ4n) is 2.58. The number of nitrogens with zero attached hydrogens (tertiary/aromatic N) is 2. The molecule has 0 atom stereocenters. The van der Waals surface area contributed by atoms with Crippen molar-refractivity contribution in [3.05, 3.63) is 82.0 Å². The molecule has 0 spiro atoms. The van der Waals surface area contributed by atoms with Gasteiger partial charge in [-0.15, -0.1) is 11.3 Å². The van der Waals surface area contributed by atoms with E-state index in [4.69, 9.17) is 9.73 Å². The number of hydrogen-bond acceptors (Lipinski definition) is 5. The lowest BCUT2D eigenvalue weighted by molar-refractivity contribution is 0.415. The average molecular weight is 333 g/mol. The molecule has 0 saturated carbocycles. The quantitative estimate of drug-likeness (QED) is 0.781. The molecule has 3 aromatic rings. The molecule has 24 heavy (non-hydrogen) atoms. The molecule has 2 aromatic carbocycles. The van der Waals surface area contributed by atoms with Crippen molar-refractivity contribution in [1.82, 2.24) is 5.43 Å². The topological polar surface area (TPSA) is 46.0 Å². The first kappa shape index (κ1) is 14.7. The molecule has 1 aliphatic heterocycles. The molecule has 2 heterocycles. The van der Waals surface area contributed by atoms with E-state index in [1.807, 2.05) is 66.0 Å². The largest absolute Gasteiger partial charge is 0.497 e. The van der Waals surface area contributed by atoms with Crippen molar-refractivity contribution in [3.63, 3.8) is 0 Å². The van der Waals surface area contributed by atoms with Crippen molar-refractivity contribution in [1.29, 1.82) is 0 Å². The van der Waals surface area contributed by atoms with Gasteiger partial charge in [-0.1, -0.05) is 24.3 Å². The maximum atomic E-state index is 5.24. The van der Waals surface area contributed by atoms with Gasteiger partial charge in [0.1, 0.15) is 5.75 Å². The number of hydrogen-bond donors (Lipinski definition) is 1. The number of aliphatic imine (C=N–C) groups is 1. The summed E-state index contributed by atoms with van der Waals surface area (Å²) in [6, 6.07) is 20.0. The number of thiophene rings is 1. The van der Waals surface area contributed by atoms with E-state index in [9.17, 15) is 0 Å². The number of rotatable bonds is 3. The van der Waals surface area contributed by atoms with Crippen LogP contribution in [0.2, 0.25) is 0 Å². The Bertz CT molecular complexity index is 912. The second-order valence-electron chi connectivity index (χ2n) is 5.26. The molecule has 4 nitrogen and oxygen atoms in total. The highest BCUT2D eigenvalue weighted by molar-refractivity contribution is 7.12. The molecule has 0 fully saturated rings. The lowest BCUT2D eigenvalue weighted by atomic mass is 10.0. The highest BCUT2D eigenvalue weighted by Crippen LogP contribution is 2.26. The van der Waals surface area contributed by atoms with Crippen LogP contribution in [0.3, 0.4) is 0 Å². The third-order valence-corrected chi connectivity index (χ3v) is 4.66. The van der Waals surface area contributed by atoms with Gasteiger partial charge in [0.05, 0.1) is 23.4 Å². The van der Waals surface area contributed by atoms with Crippen molar-refractivity contribution in [2.75, 3.05) is 7.11 Å². The number of methoxy groups -OCH3 is 1. The molecule has 1 aromatic heterocycles. The van der Waals surface area contributed by atoms with Gasteiger partial charge in [-0.2, -0.15) is 5.10 Å². The molecule has 0 radical (unpaired) electrons. The van der Waals surface area contributed by atoms with Crippen LogP contribution in [0.4, 0.5) is 5.69 Å². The van der Waals surface area contributed by atoms with Crippen LogP contribution in [0.15, 0.2) is 76.1 Å². The van der Waals surface area contributed by atoms with E-state index in [1.54, 1.807) is 18.4 Å². The van der Waals surface area contributed by atoms with Crippen molar-refractivity contribution in [2.45, 2.75) is 0 Å². The Labute approximate surface area is 144 Å². The lowest BCUT2D eigenvalue weighted by Gasteiger charge is -2.08. The summed E-state index contributed by atoms with van der Waals surface area (Å²) in [4.78, 5) is 5.83. The summed E-state index contributed by atoms with van der Waals surface area (Å²) in [5.41, 5.74) is 6.91. The van der Waals surface area contributed by atoms with Gasteiger partial charge >= 0.3 is 0 Å². The average Bonchev–Trinajstić information content (AvgIpc) is 3.10. The van der Waals surface area contributed by atoms with E-state index in [0.29, 0.717) is 0 Å². The zero-order valence-corrected chi connectivity index (χ0v) is 13.9. The SMILES string of the molecule is COc1ccc(C2=NNC(c3cccs3)=Nc3ccccc32)cc1. The number of nitrogens with one attached hydrogen (secondary N) is 1. The number of ether oxygens (including phenoxy) is 1. The standard InChI is InChI=1S/C19H15N3OS/c1-23-14-10-8-13(9-11-14)18-15-5-2-3-6-16(15)20-19(22-21-18)17-7-4-12-24-17/h2-12H,1H3,(H,20,22). The second kappa shape index (κ2) is 6.29. The fourth-order valence-corrected chi connectivity index (χ4v) is 3.24.